The number of fused-ring (bicyclic) bond motifs is 5. The van der Waals surface area contributed by atoms with Crippen molar-refractivity contribution in [2.45, 2.75) is 91.6 Å². The lowest BCUT2D eigenvalue weighted by Crippen LogP contribution is -2.58. The first-order valence-corrected chi connectivity index (χ1v) is 9.97. The second kappa shape index (κ2) is 4.74. The molecule has 1 N–H and O–H groups in total. The summed E-state index contributed by atoms with van der Waals surface area (Å²) < 4.78 is 0. The molecule has 0 saturated heterocycles. The quantitative estimate of drug-likeness (QED) is 0.634. The highest BCUT2D eigenvalue weighted by atomic mass is 16.3. The number of rotatable bonds is 0. The molecule has 1 nitrogen and oxygen atoms in total. The molecule has 0 aromatic rings. The average molecular weight is 305 g/mol. The number of hydrogen-bond acceptors (Lipinski definition) is 1. The van der Waals surface area contributed by atoms with Gasteiger partial charge in [0.25, 0.3) is 0 Å². The van der Waals surface area contributed by atoms with Crippen LogP contribution in [0.4, 0.5) is 0 Å². The van der Waals surface area contributed by atoms with Gasteiger partial charge >= 0.3 is 0 Å². The van der Waals surface area contributed by atoms with Gasteiger partial charge in [0, 0.05) is 0 Å². The minimum absolute atomic E-state index is 0.0360. The van der Waals surface area contributed by atoms with Crippen molar-refractivity contribution in [2.75, 3.05) is 0 Å². The Morgan fingerprint density at radius 3 is 2.27 bits per heavy atom. The maximum absolute atomic E-state index is 10.6. The average Bonchev–Trinajstić information content (AvgIpc) is 2.75. The van der Waals surface area contributed by atoms with Crippen LogP contribution in [0.25, 0.3) is 0 Å². The Bertz CT molecular complexity index is 455. The van der Waals surface area contributed by atoms with E-state index in [1.54, 1.807) is 0 Å². The summed E-state index contributed by atoms with van der Waals surface area (Å²) in [6.07, 6.45) is 12.3. The normalized spacial score (nSPS) is 56.9. The predicted molar refractivity (Wildman–Crippen MR) is 91.5 cm³/mol. The molecule has 4 rings (SSSR count). The Morgan fingerprint density at radius 2 is 1.50 bits per heavy atom. The van der Waals surface area contributed by atoms with Gasteiger partial charge in [-0.05, 0) is 84.9 Å². The highest BCUT2D eigenvalue weighted by Gasteiger charge is 2.63. The van der Waals surface area contributed by atoms with Crippen molar-refractivity contribution in [1.29, 1.82) is 0 Å². The zero-order valence-electron chi connectivity index (χ0n) is 15.2. The van der Waals surface area contributed by atoms with Gasteiger partial charge in [0.05, 0.1) is 6.10 Å². The molecule has 4 aliphatic carbocycles. The summed E-state index contributed by atoms with van der Waals surface area (Å²) in [4.78, 5) is 0. The highest BCUT2D eigenvalue weighted by molar-refractivity contribution is 5.12. The van der Waals surface area contributed by atoms with Gasteiger partial charge in [-0.25, -0.2) is 0 Å². The van der Waals surface area contributed by atoms with Crippen LogP contribution in [0.5, 0.6) is 0 Å². The van der Waals surface area contributed by atoms with E-state index in [0.717, 1.165) is 30.1 Å². The van der Waals surface area contributed by atoms with Crippen molar-refractivity contribution in [3.05, 3.63) is 0 Å². The molecule has 2 unspecified atom stereocenters. The third-order valence-corrected chi connectivity index (χ3v) is 9.19. The van der Waals surface area contributed by atoms with Crippen molar-refractivity contribution >= 4 is 0 Å². The molecule has 0 aliphatic heterocycles. The van der Waals surface area contributed by atoms with Gasteiger partial charge in [0.2, 0.25) is 0 Å². The molecule has 0 heterocycles. The van der Waals surface area contributed by atoms with Crippen LogP contribution in [0, 0.1) is 39.9 Å². The maximum atomic E-state index is 10.6. The molecule has 4 fully saturated rings. The molecule has 7 atom stereocenters. The minimum atomic E-state index is -0.0360. The first-order chi connectivity index (χ1) is 10.3. The van der Waals surface area contributed by atoms with Gasteiger partial charge < -0.3 is 5.11 Å². The van der Waals surface area contributed by atoms with Crippen LogP contribution in [-0.4, -0.2) is 11.2 Å². The van der Waals surface area contributed by atoms with Crippen LogP contribution >= 0.6 is 0 Å². The van der Waals surface area contributed by atoms with Crippen LogP contribution in [0.3, 0.4) is 0 Å². The van der Waals surface area contributed by atoms with Gasteiger partial charge in [-0.1, -0.05) is 40.5 Å². The SMILES string of the molecule is CC1(C)CC2CCCC[C@]2(C)[C@@H]2CC[C@]3(C)C(O)CC[C@H]3[C@@H]21. The summed E-state index contributed by atoms with van der Waals surface area (Å²) in [6.45, 7) is 10.2. The summed E-state index contributed by atoms with van der Waals surface area (Å²) in [7, 11) is 0. The van der Waals surface area contributed by atoms with Crippen molar-refractivity contribution in [3.8, 4) is 0 Å². The summed E-state index contributed by atoms with van der Waals surface area (Å²) in [6, 6.07) is 0. The van der Waals surface area contributed by atoms with Crippen molar-refractivity contribution in [3.63, 3.8) is 0 Å². The monoisotopic (exact) mass is 304 g/mol. The zero-order valence-corrected chi connectivity index (χ0v) is 15.2. The molecule has 22 heavy (non-hydrogen) atoms. The molecular formula is C21H36O. The molecule has 0 aromatic carbocycles. The van der Waals surface area contributed by atoms with Gasteiger partial charge in [-0.3, -0.25) is 0 Å². The molecule has 126 valence electrons. The molecular weight excluding hydrogens is 268 g/mol. The maximum Gasteiger partial charge on any atom is 0.0596 e. The van der Waals surface area contributed by atoms with Crippen molar-refractivity contribution in [2.24, 2.45) is 39.9 Å². The van der Waals surface area contributed by atoms with E-state index in [-0.39, 0.29) is 11.5 Å². The van der Waals surface area contributed by atoms with E-state index in [1.807, 2.05) is 0 Å². The van der Waals surface area contributed by atoms with Crippen LogP contribution in [0.1, 0.15) is 85.5 Å². The smallest absolute Gasteiger partial charge is 0.0596 e. The largest absolute Gasteiger partial charge is 0.393 e. The number of hydrogen-bond donors (Lipinski definition) is 1. The first kappa shape index (κ1) is 15.5. The van der Waals surface area contributed by atoms with Gasteiger partial charge in [0.15, 0.2) is 0 Å². The van der Waals surface area contributed by atoms with Gasteiger partial charge in [0.1, 0.15) is 0 Å². The van der Waals surface area contributed by atoms with E-state index in [1.165, 1.54) is 51.4 Å². The summed E-state index contributed by atoms with van der Waals surface area (Å²) in [5, 5.41) is 10.6. The Labute approximate surface area is 137 Å². The summed E-state index contributed by atoms with van der Waals surface area (Å²) in [5.41, 5.74) is 1.30. The van der Waals surface area contributed by atoms with Crippen LogP contribution < -0.4 is 0 Å². The van der Waals surface area contributed by atoms with Crippen LogP contribution in [0.15, 0.2) is 0 Å². The topological polar surface area (TPSA) is 20.2 Å². The molecule has 1 heteroatoms. The predicted octanol–water partition coefficient (Wildman–Crippen LogP) is 5.42. The Morgan fingerprint density at radius 1 is 0.773 bits per heavy atom. The van der Waals surface area contributed by atoms with E-state index in [2.05, 4.69) is 27.7 Å². The second-order valence-corrected chi connectivity index (χ2v) is 10.5. The molecule has 4 aliphatic rings. The Hall–Kier alpha value is -0.0400. The number of aliphatic hydroxyl groups is 1. The van der Waals surface area contributed by atoms with Crippen molar-refractivity contribution in [1.82, 2.24) is 0 Å². The molecule has 0 aromatic heterocycles. The van der Waals surface area contributed by atoms with E-state index in [0.29, 0.717) is 10.8 Å². The third kappa shape index (κ3) is 1.87. The van der Waals surface area contributed by atoms with E-state index >= 15 is 0 Å². The molecule has 4 saturated carbocycles. The van der Waals surface area contributed by atoms with E-state index in [4.69, 9.17) is 0 Å². The zero-order chi connectivity index (χ0) is 15.8. The Balaban J connectivity index is 1.74. The second-order valence-electron chi connectivity index (χ2n) is 10.5. The molecule has 0 bridgehead atoms. The third-order valence-electron chi connectivity index (χ3n) is 9.19. The molecule has 0 spiro atoms. The van der Waals surface area contributed by atoms with Gasteiger partial charge in [-0.2, -0.15) is 0 Å². The first-order valence-electron chi connectivity index (χ1n) is 9.97. The van der Waals surface area contributed by atoms with E-state index < -0.39 is 0 Å². The summed E-state index contributed by atoms with van der Waals surface area (Å²) >= 11 is 0. The highest BCUT2D eigenvalue weighted by Crippen LogP contribution is 2.70. The lowest BCUT2D eigenvalue weighted by atomic mass is 9.40. The lowest BCUT2D eigenvalue weighted by molar-refractivity contribution is -0.171. The fraction of sp³-hybridized carbons (Fsp3) is 1.00. The Kier molecular flexibility index (Phi) is 3.34. The van der Waals surface area contributed by atoms with Gasteiger partial charge in [-0.15, -0.1) is 0 Å². The standard InChI is InChI=1S/C21H36O/c1-19(2)13-14-7-5-6-11-20(14,3)16-10-12-21(4)15(18(16)19)8-9-17(21)22/h14-18,22H,5-13H2,1-4H3/t14?,15-,16+,17?,18-,20-,21-/m0/s1. The fourth-order valence-corrected chi connectivity index (χ4v) is 7.97. The molecule has 0 amide bonds. The summed E-state index contributed by atoms with van der Waals surface area (Å²) in [5.74, 6) is 3.51. The fourth-order valence-electron chi connectivity index (χ4n) is 7.97. The number of aliphatic hydroxyl groups excluding tert-OH is 1. The molecule has 0 radical (unpaired) electrons. The minimum Gasteiger partial charge on any atom is -0.393 e. The van der Waals surface area contributed by atoms with Crippen LogP contribution in [-0.2, 0) is 0 Å². The lowest BCUT2D eigenvalue weighted by Gasteiger charge is -2.65. The van der Waals surface area contributed by atoms with E-state index in [9.17, 15) is 5.11 Å². The van der Waals surface area contributed by atoms with Crippen LogP contribution in [0.2, 0.25) is 0 Å². The van der Waals surface area contributed by atoms with Crippen molar-refractivity contribution < 1.29 is 5.11 Å².